The molecule has 1 fully saturated rings. The fraction of sp³-hybridized carbons (Fsp3) is 0.600. The summed E-state index contributed by atoms with van der Waals surface area (Å²) in [5.41, 5.74) is 3.42. The maximum absolute atomic E-state index is 12.3. The van der Waals surface area contributed by atoms with Crippen LogP contribution < -0.4 is 10.6 Å². The number of rotatable bonds is 6. The quantitative estimate of drug-likeness (QED) is 0.816. The van der Waals surface area contributed by atoms with Crippen molar-refractivity contribution in [3.05, 3.63) is 29.3 Å². The van der Waals surface area contributed by atoms with Crippen LogP contribution in [0.5, 0.6) is 0 Å². The van der Waals surface area contributed by atoms with E-state index in [1.165, 1.54) is 5.56 Å². The number of para-hydroxylation sites is 1. The van der Waals surface area contributed by atoms with Crippen molar-refractivity contribution < 1.29 is 14.3 Å². The number of likely N-dealkylation sites (tertiary alicyclic amines) is 1. The van der Waals surface area contributed by atoms with Gasteiger partial charge in [0.1, 0.15) is 0 Å². The number of nitrogens with zero attached hydrogens (tertiary/aromatic N) is 1. The molecule has 1 saturated heterocycles. The lowest BCUT2D eigenvalue weighted by Crippen LogP contribution is -2.47. The van der Waals surface area contributed by atoms with Gasteiger partial charge in [0.05, 0.1) is 13.2 Å². The van der Waals surface area contributed by atoms with Crippen LogP contribution in [0.25, 0.3) is 0 Å². The van der Waals surface area contributed by atoms with Crippen molar-refractivity contribution in [2.75, 3.05) is 31.6 Å². The van der Waals surface area contributed by atoms with E-state index in [4.69, 9.17) is 4.74 Å². The largest absolute Gasteiger partial charge is 0.450 e. The molecular weight excluding hydrogens is 330 g/mol. The van der Waals surface area contributed by atoms with Gasteiger partial charge in [0, 0.05) is 24.8 Å². The van der Waals surface area contributed by atoms with Gasteiger partial charge in [-0.3, -0.25) is 4.79 Å². The Kier molecular flexibility index (Phi) is 7.30. The first-order valence-corrected chi connectivity index (χ1v) is 9.46. The van der Waals surface area contributed by atoms with Crippen LogP contribution in [0.3, 0.4) is 0 Å². The van der Waals surface area contributed by atoms with Crippen molar-refractivity contribution in [3.8, 4) is 0 Å². The fourth-order valence-electron chi connectivity index (χ4n) is 3.28. The Bertz CT molecular complexity index is 623. The third kappa shape index (κ3) is 5.38. The number of anilines is 1. The Hall–Kier alpha value is -2.24. The Morgan fingerprint density at radius 3 is 2.58 bits per heavy atom. The van der Waals surface area contributed by atoms with E-state index in [2.05, 4.69) is 43.5 Å². The zero-order valence-corrected chi connectivity index (χ0v) is 16.3. The van der Waals surface area contributed by atoms with E-state index < -0.39 is 0 Å². The molecule has 2 N–H and O–H groups in total. The highest BCUT2D eigenvalue weighted by Gasteiger charge is 2.24. The normalized spacial score (nSPS) is 15.0. The van der Waals surface area contributed by atoms with E-state index in [1.54, 1.807) is 11.8 Å². The van der Waals surface area contributed by atoms with Crippen molar-refractivity contribution in [2.24, 2.45) is 0 Å². The van der Waals surface area contributed by atoms with Crippen LogP contribution in [0.4, 0.5) is 10.5 Å². The van der Waals surface area contributed by atoms with Crippen molar-refractivity contribution in [2.45, 2.75) is 52.5 Å². The minimum Gasteiger partial charge on any atom is -0.450 e. The molecule has 0 saturated carbocycles. The van der Waals surface area contributed by atoms with Gasteiger partial charge < -0.3 is 20.3 Å². The number of hydrogen-bond acceptors (Lipinski definition) is 4. The summed E-state index contributed by atoms with van der Waals surface area (Å²) >= 11 is 0. The van der Waals surface area contributed by atoms with Gasteiger partial charge in [-0.1, -0.05) is 32.0 Å². The van der Waals surface area contributed by atoms with E-state index in [1.807, 2.05) is 6.07 Å². The lowest BCUT2D eigenvalue weighted by molar-refractivity contribution is -0.120. The zero-order chi connectivity index (χ0) is 19.1. The molecule has 0 atom stereocenters. The molecule has 2 rings (SSSR count). The molecule has 1 heterocycles. The van der Waals surface area contributed by atoms with Crippen molar-refractivity contribution in [3.63, 3.8) is 0 Å². The van der Waals surface area contributed by atoms with Gasteiger partial charge >= 0.3 is 6.09 Å². The number of hydrogen-bond donors (Lipinski definition) is 2. The van der Waals surface area contributed by atoms with Gasteiger partial charge in [0.15, 0.2) is 0 Å². The molecule has 0 spiro atoms. The maximum atomic E-state index is 12.3. The third-order valence-corrected chi connectivity index (χ3v) is 4.74. The molecule has 0 bridgehead atoms. The molecule has 0 unspecified atom stereocenters. The van der Waals surface area contributed by atoms with Crippen LogP contribution in [0, 0.1) is 6.92 Å². The summed E-state index contributed by atoms with van der Waals surface area (Å²) in [5.74, 6) is 0.380. The van der Waals surface area contributed by atoms with E-state index in [0.717, 1.165) is 24.1 Å². The highest BCUT2D eigenvalue weighted by molar-refractivity contribution is 5.81. The van der Waals surface area contributed by atoms with Gasteiger partial charge in [0.25, 0.3) is 0 Å². The summed E-state index contributed by atoms with van der Waals surface area (Å²) in [6, 6.07) is 6.31. The Balaban J connectivity index is 1.81. The first-order chi connectivity index (χ1) is 12.4. The molecule has 0 aromatic heterocycles. The van der Waals surface area contributed by atoms with E-state index in [9.17, 15) is 9.59 Å². The summed E-state index contributed by atoms with van der Waals surface area (Å²) < 4.78 is 5.02. The summed E-state index contributed by atoms with van der Waals surface area (Å²) in [4.78, 5) is 25.7. The molecule has 0 aliphatic carbocycles. The Labute approximate surface area is 156 Å². The molecular formula is C20H31N3O3. The monoisotopic (exact) mass is 361 g/mol. The van der Waals surface area contributed by atoms with Crippen LogP contribution in [0.2, 0.25) is 0 Å². The first-order valence-electron chi connectivity index (χ1n) is 9.46. The third-order valence-electron chi connectivity index (χ3n) is 4.74. The number of amides is 2. The average molecular weight is 361 g/mol. The highest BCUT2D eigenvalue weighted by atomic mass is 16.6. The number of carbonyl (C=O) groups is 2. The van der Waals surface area contributed by atoms with Crippen LogP contribution in [0.1, 0.15) is 50.7 Å². The van der Waals surface area contributed by atoms with E-state index in [-0.39, 0.29) is 24.6 Å². The zero-order valence-electron chi connectivity index (χ0n) is 16.3. The predicted molar refractivity (Wildman–Crippen MR) is 104 cm³/mol. The lowest BCUT2D eigenvalue weighted by Gasteiger charge is -2.31. The van der Waals surface area contributed by atoms with Gasteiger partial charge in [-0.15, -0.1) is 0 Å². The summed E-state index contributed by atoms with van der Waals surface area (Å²) in [5, 5.41) is 6.37. The van der Waals surface area contributed by atoms with E-state index in [0.29, 0.717) is 25.6 Å². The van der Waals surface area contributed by atoms with Gasteiger partial charge in [-0.05, 0) is 43.7 Å². The minimum atomic E-state index is -0.264. The van der Waals surface area contributed by atoms with Gasteiger partial charge in [-0.2, -0.15) is 0 Å². The average Bonchev–Trinajstić information content (AvgIpc) is 2.61. The maximum Gasteiger partial charge on any atom is 0.409 e. The smallest absolute Gasteiger partial charge is 0.409 e. The molecule has 6 heteroatoms. The number of aryl methyl sites for hydroxylation is 1. The molecule has 6 nitrogen and oxygen atoms in total. The van der Waals surface area contributed by atoms with Crippen LogP contribution in [-0.4, -0.2) is 49.2 Å². The second kappa shape index (κ2) is 9.46. The van der Waals surface area contributed by atoms with Crippen molar-refractivity contribution in [1.82, 2.24) is 10.2 Å². The second-order valence-corrected chi connectivity index (χ2v) is 7.08. The SMILES string of the molecule is CCOC(=O)N1CCC(NC(=O)CNc2c(C)cccc2C(C)C)CC1. The molecule has 26 heavy (non-hydrogen) atoms. The number of ether oxygens (including phenoxy) is 1. The minimum absolute atomic E-state index is 0.0162. The molecule has 1 aromatic rings. The van der Waals surface area contributed by atoms with Gasteiger partial charge in [0.2, 0.25) is 5.91 Å². The topological polar surface area (TPSA) is 70.7 Å². The summed E-state index contributed by atoms with van der Waals surface area (Å²) in [6.45, 7) is 10.0. The first kappa shape index (κ1) is 20.1. The fourth-order valence-corrected chi connectivity index (χ4v) is 3.28. The Morgan fingerprint density at radius 1 is 1.27 bits per heavy atom. The molecule has 1 aliphatic rings. The number of piperidine rings is 1. The van der Waals surface area contributed by atoms with Crippen LogP contribution in [0.15, 0.2) is 18.2 Å². The number of benzene rings is 1. The Morgan fingerprint density at radius 2 is 1.96 bits per heavy atom. The molecule has 144 valence electrons. The molecule has 2 amide bonds. The van der Waals surface area contributed by atoms with Crippen LogP contribution in [-0.2, 0) is 9.53 Å². The van der Waals surface area contributed by atoms with E-state index >= 15 is 0 Å². The highest BCUT2D eigenvalue weighted by Crippen LogP contribution is 2.27. The predicted octanol–water partition coefficient (Wildman–Crippen LogP) is 3.27. The lowest BCUT2D eigenvalue weighted by atomic mass is 9.98. The number of nitrogens with one attached hydrogen (secondary N) is 2. The van der Waals surface area contributed by atoms with Gasteiger partial charge in [-0.25, -0.2) is 4.79 Å². The molecule has 0 radical (unpaired) electrons. The van der Waals surface area contributed by atoms with Crippen molar-refractivity contribution in [1.29, 1.82) is 0 Å². The van der Waals surface area contributed by atoms with Crippen molar-refractivity contribution >= 4 is 17.7 Å². The molecule has 1 aromatic carbocycles. The summed E-state index contributed by atoms with van der Waals surface area (Å²) in [6.07, 6.45) is 1.25. The second-order valence-electron chi connectivity index (χ2n) is 7.08. The standard InChI is InChI=1S/C20H31N3O3/c1-5-26-20(25)23-11-9-16(10-12-23)22-18(24)13-21-19-15(4)7-6-8-17(19)14(2)3/h6-8,14,16,21H,5,9-13H2,1-4H3,(H,22,24). The van der Waals surface area contributed by atoms with Crippen LogP contribution >= 0.6 is 0 Å². The summed E-state index contributed by atoms with van der Waals surface area (Å²) in [7, 11) is 0. The molecule has 1 aliphatic heterocycles. The number of carbonyl (C=O) groups excluding carboxylic acids is 2.